The first-order valence-electron chi connectivity index (χ1n) is 11.5. The first kappa shape index (κ1) is 22.5. The van der Waals surface area contributed by atoms with Gasteiger partial charge in [-0.15, -0.1) is 0 Å². The lowest BCUT2D eigenvalue weighted by Crippen LogP contribution is -2.49. The highest BCUT2D eigenvalue weighted by atomic mass is 16.1. The molecule has 1 unspecified atom stereocenters. The van der Waals surface area contributed by atoms with E-state index in [2.05, 4.69) is 27.0 Å². The average molecular weight is 465 g/mol. The van der Waals surface area contributed by atoms with Crippen LogP contribution in [0.25, 0.3) is 11.2 Å². The second-order valence-electron chi connectivity index (χ2n) is 8.72. The number of likely N-dealkylation sites (tertiary alicyclic amines) is 1. The number of H-pyrrole nitrogens is 1. The Kier molecular flexibility index (Phi) is 6.11. The number of benzene rings is 2. The summed E-state index contributed by atoms with van der Waals surface area (Å²) in [6.45, 7) is 1.30. The van der Waals surface area contributed by atoms with Gasteiger partial charge >= 0.3 is 0 Å². The molecular weight excluding hydrogens is 440 g/mol. The van der Waals surface area contributed by atoms with Crippen molar-refractivity contribution in [3.05, 3.63) is 93.3 Å². The Hall–Kier alpha value is -4.31. The summed E-state index contributed by atoms with van der Waals surface area (Å²) in [5, 5.41) is 19.5. The van der Waals surface area contributed by atoms with Crippen LogP contribution in [0.2, 0.25) is 0 Å². The van der Waals surface area contributed by atoms with E-state index in [4.69, 9.17) is 10.7 Å². The first-order chi connectivity index (χ1) is 17.1. The lowest BCUT2D eigenvalue weighted by atomic mass is 9.99. The molecule has 2 atom stereocenters. The van der Waals surface area contributed by atoms with Crippen molar-refractivity contribution in [1.29, 1.82) is 10.5 Å². The van der Waals surface area contributed by atoms with E-state index < -0.39 is 6.17 Å². The monoisotopic (exact) mass is 464 g/mol. The third-order valence-corrected chi connectivity index (χ3v) is 6.49. The molecule has 3 heterocycles. The highest BCUT2D eigenvalue weighted by Gasteiger charge is 2.32. The molecule has 0 amide bonds. The molecule has 1 fully saturated rings. The van der Waals surface area contributed by atoms with Crippen molar-refractivity contribution >= 4 is 11.2 Å². The van der Waals surface area contributed by atoms with E-state index in [0.29, 0.717) is 40.2 Å². The molecule has 1 aliphatic rings. The second kappa shape index (κ2) is 9.51. The zero-order valence-electron chi connectivity index (χ0n) is 19.1. The molecule has 0 saturated carbocycles. The summed E-state index contributed by atoms with van der Waals surface area (Å²) < 4.78 is 1.64. The van der Waals surface area contributed by atoms with Crippen molar-refractivity contribution < 1.29 is 0 Å². The summed E-state index contributed by atoms with van der Waals surface area (Å²) in [5.41, 5.74) is 9.14. The third kappa shape index (κ3) is 4.19. The van der Waals surface area contributed by atoms with Gasteiger partial charge in [0.25, 0.3) is 5.56 Å². The Morgan fingerprint density at radius 1 is 1.11 bits per heavy atom. The topological polar surface area (TPSA) is 140 Å². The minimum atomic E-state index is -0.589. The maximum absolute atomic E-state index is 13.9. The molecule has 174 valence electrons. The Labute approximate surface area is 202 Å². The summed E-state index contributed by atoms with van der Waals surface area (Å²) in [6.07, 6.45) is 2.90. The molecule has 1 aliphatic heterocycles. The van der Waals surface area contributed by atoms with Crippen LogP contribution in [0, 0.1) is 22.7 Å². The van der Waals surface area contributed by atoms with Gasteiger partial charge in [0, 0.05) is 31.1 Å². The van der Waals surface area contributed by atoms with Gasteiger partial charge < -0.3 is 10.7 Å². The fourth-order valence-corrected chi connectivity index (χ4v) is 4.86. The number of rotatable bonds is 5. The zero-order valence-corrected chi connectivity index (χ0v) is 19.1. The van der Waals surface area contributed by atoms with Gasteiger partial charge in [-0.05, 0) is 30.5 Å². The Bertz CT molecular complexity index is 1520. The summed E-state index contributed by atoms with van der Waals surface area (Å²) >= 11 is 0. The molecule has 0 radical (unpaired) electrons. The Morgan fingerprint density at radius 3 is 2.63 bits per heavy atom. The molecule has 9 nitrogen and oxygen atoms in total. The van der Waals surface area contributed by atoms with E-state index in [-0.39, 0.29) is 18.0 Å². The number of nitrogens with one attached hydrogen (secondary N) is 1. The number of nitrogens with zero attached hydrogens (tertiary/aromatic N) is 6. The SMILES string of the molecule is N#Cc1ccccc1Cc1nc2nc[nH]c2c(=O)n1C(c1ccccc1C#N)N1CCC[C@@H](N)C1. The number of hydrogen-bond donors (Lipinski definition) is 2. The van der Waals surface area contributed by atoms with Gasteiger partial charge in [-0.25, -0.2) is 9.97 Å². The maximum Gasteiger partial charge on any atom is 0.281 e. The number of aromatic nitrogens is 4. The van der Waals surface area contributed by atoms with Crippen LogP contribution < -0.4 is 11.3 Å². The predicted octanol–water partition coefficient (Wildman–Crippen LogP) is 2.42. The number of hydrogen-bond acceptors (Lipinski definition) is 7. The van der Waals surface area contributed by atoms with E-state index in [1.165, 1.54) is 6.33 Å². The number of imidazole rings is 1. The van der Waals surface area contributed by atoms with Gasteiger partial charge in [0.15, 0.2) is 11.2 Å². The number of nitrogens with two attached hydrogens (primary N) is 1. The fraction of sp³-hybridized carbons (Fsp3) is 0.269. The molecule has 5 rings (SSSR count). The van der Waals surface area contributed by atoms with Crippen LogP contribution in [-0.4, -0.2) is 43.6 Å². The van der Waals surface area contributed by atoms with E-state index in [9.17, 15) is 15.3 Å². The average Bonchev–Trinajstić information content (AvgIpc) is 3.35. The van der Waals surface area contributed by atoms with Crippen LogP contribution in [-0.2, 0) is 6.42 Å². The quantitative estimate of drug-likeness (QED) is 0.462. The van der Waals surface area contributed by atoms with Crippen molar-refractivity contribution in [3.8, 4) is 12.1 Å². The van der Waals surface area contributed by atoms with E-state index in [0.717, 1.165) is 24.9 Å². The normalized spacial score (nSPS) is 17.1. The lowest BCUT2D eigenvalue weighted by molar-refractivity contribution is 0.124. The van der Waals surface area contributed by atoms with Crippen molar-refractivity contribution in [2.45, 2.75) is 31.5 Å². The summed E-state index contributed by atoms with van der Waals surface area (Å²) in [6, 6.07) is 19.0. The van der Waals surface area contributed by atoms with Crippen molar-refractivity contribution in [3.63, 3.8) is 0 Å². The van der Waals surface area contributed by atoms with Crippen molar-refractivity contribution in [1.82, 2.24) is 24.4 Å². The molecular formula is C26H24N8O. The van der Waals surface area contributed by atoms with Crippen LogP contribution in [0.3, 0.4) is 0 Å². The van der Waals surface area contributed by atoms with Crippen LogP contribution in [0.4, 0.5) is 0 Å². The molecule has 2 aromatic carbocycles. The van der Waals surface area contributed by atoms with Gasteiger partial charge in [0.1, 0.15) is 12.0 Å². The number of aromatic amines is 1. The van der Waals surface area contributed by atoms with Crippen molar-refractivity contribution in [2.24, 2.45) is 5.73 Å². The highest BCUT2D eigenvalue weighted by molar-refractivity contribution is 5.68. The molecule has 0 spiro atoms. The van der Waals surface area contributed by atoms with E-state index >= 15 is 0 Å². The molecule has 2 aromatic heterocycles. The zero-order chi connectivity index (χ0) is 24.4. The van der Waals surface area contributed by atoms with Gasteiger partial charge in [0.05, 0.1) is 29.6 Å². The molecule has 0 bridgehead atoms. The summed E-state index contributed by atoms with van der Waals surface area (Å²) in [5.74, 6) is 0.467. The number of piperidine rings is 1. The predicted molar refractivity (Wildman–Crippen MR) is 130 cm³/mol. The molecule has 0 aliphatic carbocycles. The molecule has 9 heteroatoms. The van der Waals surface area contributed by atoms with Gasteiger partial charge in [-0.2, -0.15) is 10.5 Å². The van der Waals surface area contributed by atoms with Crippen LogP contribution in [0.5, 0.6) is 0 Å². The maximum atomic E-state index is 13.9. The largest absolute Gasteiger partial charge is 0.339 e. The number of nitriles is 2. The van der Waals surface area contributed by atoms with Crippen LogP contribution in [0.15, 0.2) is 59.7 Å². The minimum absolute atomic E-state index is 0.0391. The molecule has 3 N–H and O–H groups in total. The molecule has 4 aromatic rings. The minimum Gasteiger partial charge on any atom is -0.339 e. The van der Waals surface area contributed by atoms with Crippen LogP contribution >= 0.6 is 0 Å². The smallest absolute Gasteiger partial charge is 0.281 e. The Balaban J connectivity index is 1.77. The Morgan fingerprint density at radius 2 is 1.86 bits per heavy atom. The van der Waals surface area contributed by atoms with Gasteiger partial charge in [-0.1, -0.05) is 36.4 Å². The fourth-order valence-electron chi connectivity index (χ4n) is 4.86. The lowest BCUT2D eigenvalue weighted by Gasteiger charge is -2.39. The van der Waals surface area contributed by atoms with E-state index in [1.807, 2.05) is 30.3 Å². The molecule has 35 heavy (non-hydrogen) atoms. The second-order valence-corrected chi connectivity index (χ2v) is 8.72. The third-order valence-electron chi connectivity index (χ3n) is 6.49. The van der Waals surface area contributed by atoms with Gasteiger partial charge in [0.2, 0.25) is 0 Å². The summed E-state index contributed by atoms with van der Waals surface area (Å²) in [7, 11) is 0. The van der Waals surface area contributed by atoms with Crippen LogP contribution in [0.1, 0.15) is 47.1 Å². The summed E-state index contributed by atoms with van der Waals surface area (Å²) in [4.78, 5) is 28.0. The van der Waals surface area contributed by atoms with Gasteiger partial charge in [-0.3, -0.25) is 14.3 Å². The highest BCUT2D eigenvalue weighted by Crippen LogP contribution is 2.29. The van der Waals surface area contributed by atoms with Crippen molar-refractivity contribution in [2.75, 3.05) is 13.1 Å². The molecule has 1 saturated heterocycles. The van der Waals surface area contributed by atoms with E-state index in [1.54, 1.807) is 22.8 Å². The number of fused-ring (bicyclic) bond motifs is 1. The first-order valence-corrected chi connectivity index (χ1v) is 11.5. The standard InChI is InChI=1S/C26H24N8O/c27-13-18-7-2-1-6-17(18)12-22-32-24-23(30-16-31-24)26(35)34(22)25(33-11-5-9-20(29)15-33)21-10-4-3-8-19(21)14-28/h1-4,6-8,10,16,20,25H,5,9,11-12,15,29H2,(H,30,31)/t20-,25?/m1/s1.